The molecule has 1 aromatic rings. The highest BCUT2D eigenvalue weighted by molar-refractivity contribution is 5.41. The quantitative estimate of drug-likeness (QED) is 0.697. The second-order valence-electron chi connectivity index (χ2n) is 6.13. The average Bonchev–Trinajstić information content (AvgIpc) is 2.37. The minimum Gasteiger partial charge on any atom is -0.360 e. The van der Waals surface area contributed by atoms with Crippen molar-refractivity contribution in [3.8, 4) is 0 Å². The fourth-order valence-electron chi connectivity index (χ4n) is 2.24. The van der Waals surface area contributed by atoms with Crippen LogP contribution in [0.3, 0.4) is 0 Å². The highest BCUT2D eigenvalue weighted by Gasteiger charge is 2.05. The van der Waals surface area contributed by atoms with E-state index in [2.05, 4.69) is 62.1 Å². The lowest BCUT2D eigenvalue weighted by Crippen LogP contribution is -2.22. The summed E-state index contributed by atoms with van der Waals surface area (Å²) < 4.78 is 0. The van der Waals surface area contributed by atoms with Crippen LogP contribution in [0, 0.1) is 12.8 Å². The summed E-state index contributed by atoms with van der Waals surface area (Å²) in [4.78, 5) is 6.93. The average molecular weight is 277 g/mol. The highest BCUT2D eigenvalue weighted by atomic mass is 15.2. The fraction of sp³-hybridized carbons (Fsp3) is 0.706. The Kier molecular flexibility index (Phi) is 7.60. The monoisotopic (exact) mass is 277 g/mol. The number of pyridine rings is 1. The molecule has 114 valence electrons. The number of aromatic nitrogens is 1. The van der Waals surface area contributed by atoms with E-state index < -0.39 is 0 Å². The van der Waals surface area contributed by atoms with Crippen molar-refractivity contribution >= 4 is 5.82 Å². The van der Waals surface area contributed by atoms with Crippen molar-refractivity contribution < 1.29 is 0 Å². The first kappa shape index (κ1) is 17.0. The van der Waals surface area contributed by atoms with Crippen molar-refractivity contribution in [2.24, 2.45) is 5.92 Å². The van der Waals surface area contributed by atoms with E-state index in [1.165, 1.54) is 24.8 Å². The molecule has 0 fully saturated rings. The lowest BCUT2D eigenvalue weighted by atomic mass is 10.2. The van der Waals surface area contributed by atoms with Crippen LogP contribution in [0.5, 0.6) is 0 Å². The minimum atomic E-state index is 0.689. The predicted octanol–water partition coefficient (Wildman–Crippen LogP) is 3.76. The summed E-state index contributed by atoms with van der Waals surface area (Å²) in [7, 11) is 2.14. The molecule has 0 saturated carbocycles. The first-order valence-electron chi connectivity index (χ1n) is 7.92. The maximum atomic E-state index is 4.65. The van der Waals surface area contributed by atoms with Gasteiger partial charge >= 0.3 is 0 Å². The molecule has 0 unspecified atom stereocenters. The van der Waals surface area contributed by atoms with Crippen molar-refractivity contribution in [1.82, 2.24) is 10.3 Å². The van der Waals surface area contributed by atoms with Gasteiger partial charge in [0.1, 0.15) is 5.82 Å². The molecule has 0 saturated heterocycles. The zero-order valence-corrected chi connectivity index (χ0v) is 13.9. The van der Waals surface area contributed by atoms with Crippen molar-refractivity contribution in [2.75, 3.05) is 25.0 Å². The van der Waals surface area contributed by atoms with Crippen molar-refractivity contribution in [2.45, 2.75) is 53.5 Å². The second kappa shape index (κ2) is 8.96. The maximum Gasteiger partial charge on any atom is 0.128 e. The third-order valence-corrected chi connectivity index (χ3v) is 3.37. The van der Waals surface area contributed by atoms with E-state index in [1.54, 1.807) is 0 Å². The Balaban J connectivity index is 2.60. The van der Waals surface area contributed by atoms with Gasteiger partial charge in [-0.05, 0) is 43.5 Å². The number of anilines is 1. The van der Waals surface area contributed by atoms with Gasteiger partial charge in [-0.3, -0.25) is 0 Å². The van der Waals surface area contributed by atoms with Crippen LogP contribution in [0.15, 0.2) is 12.1 Å². The topological polar surface area (TPSA) is 28.2 Å². The Morgan fingerprint density at radius 1 is 1.25 bits per heavy atom. The number of nitrogens with one attached hydrogen (secondary N) is 1. The van der Waals surface area contributed by atoms with E-state index >= 15 is 0 Å². The van der Waals surface area contributed by atoms with Crippen LogP contribution in [0.4, 0.5) is 5.82 Å². The van der Waals surface area contributed by atoms with Crippen LogP contribution in [-0.2, 0) is 6.54 Å². The van der Waals surface area contributed by atoms with Crippen LogP contribution in [0.2, 0.25) is 0 Å². The van der Waals surface area contributed by atoms with Gasteiger partial charge in [0.2, 0.25) is 0 Å². The van der Waals surface area contributed by atoms with Gasteiger partial charge in [-0.25, -0.2) is 4.98 Å². The normalized spacial score (nSPS) is 11.1. The first-order chi connectivity index (χ1) is 9.52. The van der Waals surface area contributed by atoms with Gasteiger partial charge in [-0.1, -0.05) is 33.6 Å². The number of unbranched alkanes of at least 4 members (excludes halogenated alkanes) is 2. The van der Waals surface area contributed by atoms with E-state index in [-0.39, 0.29) is 0 Å². The van der Waals surface area contributed by atoms with Crippen LogP contribution in [-0.4, -0.2) is 25.1 Å². The molecule has 0 amide bonds. The molecule has 0 aliphatic heterocycles. The maximum absolute atomic E-state index is 4.65. The van der Waals surface area contributed by atoms with Crippen LogP contribution >= 0.6 is 0 Å². The number of hydrogen-bond acceptors (Lipinski definition) is 3. The summed E-state index contributed by atoms with van der Waals surface area (Å²) in [6.07, 6.45) is 3.79. The van der Waals surface area contributed by atoms with Crippen molar-refractivity contribution in [3.05, 3.63) is 23.4 Å². The van der Waals surface area contributed by atoms with Gasteiger partial charge < -0.3 is 10.2 Å². The van der Waals surface area contributed by atoms with Gasteiger partial charge in [-0.2, -0.15) is 0 Å². The summed E-state index contributed by atoms with van der Waals surface area (Å²) >= 11 is 0. The zero-order chi connectivity index (χ0) is 15.0. The SMILES string of the molecule is CCCCCN(C)c1cc(CNCC(C)C)cc(C)n1. The summed E-state index contributed by atoms with van der Waals surface area (Å²) in [6.45, 7) is 11.9. The standard InChI is InChI=1S/C17H31N3/c1-6-7-8-9-20(5)17-11-16(10-15(4)19-17)13-18-12-14(2)3/h10-11,14,18H,6-9,12-13H2,1-5H3. The molecule has 3 heteroatoms. The van der Waals surface area contributed by atoms with Crippen LogP contribution in [0.1, 0.15) is 51.3 Å². The van der Waals surface area contributed by atoms with Gasteiger partial charge in [0.15, 0.2) is 0 Å². The van der Waals surface area contributed by atoms with E-state index in [0.29, 0.717) is 5.92 Å². The van der Waals surface area contributed by atoms with Crippen LogP contribution < -0.4 is 10.2 Å². The second-order valence-corrected chi connectivity index (χ2v) is 6.13. The largest absolute Gasteiger partial charge is 0.360 e. The smallest absolute Gasteiger partial charge is 0.128 e. The summed E-state index contributed by atoms with van der Waals surface area (Å²) in [5.41, 5.74) is 2.43. The molecule has 20 heavy (non-hydrogen) atoms. The molecule has 1 aromatic heterocycles. The van der Waals surface area contributed by atoms with Gasteiger partial charge in [0, 0.05) is 25.8 Å². The molecule has 0 aliphatic carbocycles. The Morgan fingerprint density at radius 2 is 2.00 bits per heavy atom. The summed E-state index contributed by atoms with van der Waals surface area (Å²) in [5.74, 6) is 1.79. The van der Waals surface area contributed by atoms with Gasteiger partial charge in [-0.15, -0.1) is 0 Å². The zero-order valence-electron chi connectivity index (χ0n) is 13.9. The number of hydrogen-bond donors (Lipinski definition) is 1. The fourth-order valence-corrected chi connectivity index (χ4v) is 2.24. The Hall–Kier alpha value is -1.09. The van der Waals surface area contributed by atoms with Crippen molar-refractivity contribution in [1.29, 1.82) is 0 Å². The Morgan fingerprint density at radius 3 is 2.65 bits per heavy atom. The third kappa shape index (κ3) is 6.38. The molecule has 1 heterocycles. The molecular weight excluding hydrogens is 246 g/mol. The van der Waals surface area contributed by atoms with Gasteiger partial charge in [0.25, 0.3) is 0 Å². The summed E-state index contributed by atoms with van der Waals surface area (Å²) in [5, 5.41) is 3.50. The highest BCUT2D eigenvalue weighted by Crippen LogP contribution is 2.14. The number of nitrogens with zero attached hydrogens (tertiary/aromatic N) is 2. The number of aryl methyl sites for hydroxylation is 1. The van der Waals surface area contributed by atoms with Gasteiger partial charge in [0.05, 0.1) is 0 Å². The van der Waals surface area contributed by atoms with E-state index in [0.717, 1.165) is 31.1 Å². The molecule has 0 aliphatic rings. The molecule has 1 N–H and O–H groups in total. The lowest BCUT2D eigenvalue weighted by Gasteiger charge is -2.19. The Bertz CT molecular complexity index is 388. The molecule has 0 bridgehead atoms. The van der Waals surface area contributed by atoms with E-state index in [1.807, 2.05) is 0 Å². The molecule has 0 atom stereocenters. The Labute approximate surface area is 124 Å². The van der Waals surface area contributed by atoms with Crippen molar-refractivity contribution in [3.63, 3.8) is 0 Å². The molecule has 0 spiro atoms. The lowest BCUT2D eigenvalue weighted by molar-refractivity contribution is 0.552. The third-order valence-electron chi connectivity index (χ3n) is 3.37. The first-order valence-corrected chi connectivity index (χ1v) is 7.92. The summed E-state index contributed by atoms with van der Waals surface area (Å²) in [6, 6.07) is 4.39. The van der Waals surface area contributed by atoms with E-state index in [4.69, 9.17) is 0 Å². The molecule has 0 aromatic carbocycles. The number of rotatable bonds is 9. The molecule has 3 nitrogen and oxygen atoms in total. The molecule has 0 radical (unpaired) electrons. The van der Waals surface area contributed by atoms with Crippen LogP contribution in [0.25, 0.3) is 0 Å². The predicted molar refractivity (Wildman–Crippen MR) is 88.3 cm³/mol. The molecular formula is C17H31N3. The molecule has 1 rings (SSSR count). The van der Waals surface area contributed by atoms with E-state index in [9.17, 15) is 0 Å². The minimum absolute atomic E-state index is 0.689.